The molecule has 0 amide bonds. The third kappa shape index (κ3) is 4.89. The van der Waals surface area contributed by atoms with Crippen LogP contribution in [0.2, 0.25) is 0 Å². The fourth-order valence-corrected chi connectivity index (χ4v) is 3.95. The Balaban J connectivity index is 2.53. The summed E-state index contributed by atoms with van der Waals surface area (Å²) in [7, 11) is 0. The number of unbranched alkanes of at least 4 members (excludes halogenated alkanes) is 2. The summed E-state index contributed by atoms with van der Waals surface area (Å²) in [5.74, 6) is 12.2. The molecule has 0 heterocycles. The van der Waals surface area contributed by atoms with Crippen molar-refractivity contribution in [1.82, 2.24) is 0 Å². The van der Waals surface area contributed by atoms with Crippen LogP contribution in [-0.4, -0.2) is 13.2 Å². The molecule has 0 atom stereocenters. The Hall–Kier alpha value is -4.24. The number of rotatable bonds is 8. The second-order valence-corrected chi connectivity index (χ2v) is 7.90. The van der Waals surface area contributed by atoms with Crippen molar-refractivity contribution < 1.29 is 9.47 Å². The van der Waals surface area contributed by atoms with Gasteiger partial charge in [0.1, 0.15) is 11.5 Å². The first-order chi connectivity index (χ1) is 16.6. The van der Waals surface area contributed by atoms with Gasteiger partial charge in [0.2, 0.25) is 0 Å². The third-order valence-electron chi connectivity index (χ3n) is 5.67. The highest BCUT2D eigenvalue weighted by Crippen LogP contribution is 2.24. The molecule has 0 aliphatic heterocycles. The van der Waals surface area contributed by atoms with Crippen LogP contribution >= 0.6 is 0 Å². The lowest BCUT2D eigenvalue weighted by molar-refractivity contribution is 0.309. The molecule has 0 fully saturated rings. The minimum absolute atomic E-state index is 0.454. The summed E-state index contributed by atoms with van der Waals surface area (Å²) in [5, 5.41) is 5.01. The van der Waals surface area contributed by atoms with Crippen molar-refractivity contribution in [2.75, 3.05) is 13.2 Å². The van der Waals surface area contributed by atoms with Crippen LogP contribution < -0.4 is 19.9 Å². The van der Waals surface area contributed by atoms with Gasteiger partial charge in [-0.25, -0.2) is 0 Å². The molecule has 0 aromatic heterocycles. The SMILES string of the molecule is C#CC(C#C)=c1c2ccc(OCCCC)cc2c(=C(C#C)C#C)c2ccc(OCCCC)cc12. The Bertz CT molecular complexity index is 1360. The molecule has 3 aromatic rings. The summed E-state index contributed by atoms with van der Waals surface area (Å²) in [6.45, 7) is 5.50. The van der Waals surface area contributed by atoms with Gasteiger partial charge in [0, 0.05) is 10.4 Å². The molecule has 34 heavy (non-hydrogen) atoms. The number of hydrogen-bond acceptors (Lipinski definition) is 2. The summed E-state index contributed by atoms with van der Waals surface area (Å²) in [6.07, 6.45) is 27.4. The van der Waals surface area contributed by atoms with E-state index < -0.39 is 0 Å². The molecule has 2 nitrogen and oxygen atoms in total. The molecule has 0 N–H and O–H groups in total. The van der Waals surface area contributed by atoms with E-state index in [-0.39, 0.29) is 0 Å². The Kier molecular flexibility index (Phi) is 8.31. The smallest absolute Gasteiger partial charge is 0.119 e. The van der Waals surface area contributed by atoms with Crippen LogP contribution in [0.25, 0.3) is 32.7 Å². The van der Waals surface area contributed by atoms with E-state index in [4.69, 9.17) is 35.2 Å². The number of ether oxygens (including phenoxy) is 2. The highest BCUT2D eigenvalue weighted by molar-refractivity contribution is 6.06. The predicted octanol–water partition coefficient (Wildman–Crippen LogP) is 5.19. The first kappa shape index (κ1) is 24.4. The zero-order chi connectivity index (χ0) is 24.5. The van der Waals surface area contributed by atoms with Gasteiger partial charge in [-0.2, -0.15) is 0 Å². The van der Waals surface area contributed by atoms with E-state index in [1.807, 2.05) is 36.4 Å². The van der Waals surface area contributed by atoms with Gasteiger partial charge in [0.25, 0.3) is 0 Å². The Morgan fingerprint density at radius 3 is 1.32 bits per heavy atom. The normalized spacial score (nSPS) is 10.1. The van der Waals surface area contributed by atoms with Gasteiger partial charge in [-0.05, 0) is 70.8 Å². The van der Waals surface area contributed by atoms with E-state index in [0.29, 0.717) is 24.4 Å². The maximum Gasteiger partial charge on any atom is 0.119 e. The van der Waals surface area contributed by atoms with Gasteiger partial charge in [-0.3, -0.25) is 0 Å². The Labute approximate surface area is 202 Å². The molecule has 0 aliphatic rings. The highest BCUT2D eigenvalue weighted by atomic mass is 16.5. The van der Waals surface area contributed by atoms with E-state index >= 15 is 0 Å². The topological polar surface area (TPSA) is 18.5 Å². The van der Waals surface area contributed by atoms with Crippen molar-refractivity contribution in [2.45, 2.75) is 39.5 Å². The largest absolute Gasteiger partial charge is 0.494 e. The van der Waals surface area contributed by atoms with E-state index in [1.54, 1.807) is 0 Å². The van der Waals surface area contributed by atoms with Gasteiger partial charge in [-0.1, -0.05) is 50.4 Å². The second-order valence-electron chi connectivity index (χ2n) is 7.90. The summed E-state index contributed by atoms with van der Waals surface area (Å²) in [5.41, 5.74) is 0.907. The van der Waals surface area contributed by atoms with Gasteiger partial charge in [0.05, 0.1) is 24.4 Å². The van der Waals surface area contributed by atoms with Crippen molar-refractivity contribution in [3.8, 4) is 60.9 Å². The van der Waals surface area contributed by atoms with Gasteiger partial charge in [-0.15, -0.1) is 25.7 Å². The van der Waals surface area contributed by atoms with Crippen LogP contribution in [0.4, 0.5) is 0 Å². The van der Waals surface area contributed by atoms with Gasteiger partial charge >= 0.3 is 0 Å². The molecule has 0 bridgehead atoms. The summed E-state index contributed by atoms with van der Waals surface area (Å²) in [4.78, 5) is 0. The highest BCUT2D eigenvalue weighted by Gasteiger charge is 2.13. The van der Waals surface area contributed by atoms with Crippen molar-refractivity contribution in [1.29, 1.82) is 0 Å². The van der Waals surface area contributed by atoms with Gasteiger partial charge in [0.15, 0.2) is 0 Å². The number of fused-ring (bicyclic) bond motifs is 2. The Morgan fingerprint density at radius 2 is 1.00 bits per heavy atom. The quantitative estimate of drug-likeness (QED) is 0.271. The van der Waals surface area contributed by atoms with E-state index in [9.17, 15) is 0 Å². The molecule has 0 spiro atoms. The monoisotopic (exact) mass is 444 g/mol. The molecule has 3 rings (SSSR count). The summed E-state index contributed by atoms with van der Waals surface area (Å²) < 4.78 is 12.0. The number of terminal acetylenes is 4. The fourth-order valence-electron chi connectivity index (χ4n) is 3.95. The molecular formula is C32H28O2. The average molecular weight is 445 g/mol. The third-order valence-corrected chi connectivity index (χ3v) is 5.67. The van der Waals surface area contributed by atoms with Crippen LogP contribution in [0.1, 0.15) is 39.5 Å². The van der Waals surface area contributed by atoms with E-state index in [0.717, 1.165) is 69.2 Å². The molecule has 168 valence electrons. The summed E-state index contributed by atoms with van der Waals surface area (Å²) >= 11 is 0. The van der Waals surface area contributed by atoms with Crippen molar-refractivity contribution in [3.63, 3.8) is 0 Å². The molecule has 0 radical (unpaired) electrons. The van der Waals surface area contributed by atoms with E-state index in [1.165, 1.54) is 0 Å². The molecule has 0 saturated carbocycles. The molecule has 0 aliphatic carbocycles. The first-order valence-electron chi connectivity index (χ1n) is 11.5. The molecule has 3 aromatic carbocycles. The standard InChI is InChI=1S/C32H28O2/c1-7-13-19-33-25-15-17-27-29(21-25)31(23(9-3)10-4)28-18-16-26(34-20-14-8-2)22-30(28)32(27)24(11-5)12-6/h3-6,15-18,21-22H,7-8,13-14,19-20H2,1-2H3. The van der Waals surface area contributed by atoms with Crippen LogP contribution in [-0.2, 0) is 0 Å². The lowest BCUT2D eigenvalue weighted by Crippen LogP contribution is -2.19. The van der Waals surface area contributed by atoms with Crippen LogP contribution in [0, 0.1) is 49.4 Å². The molecular weight excluding hydrogens is 416 g/mol. The van der Waals surface area contributed by atoms with Crippen LogP contribution in [0.3, 0.4) is 0 Å². The molecule has 2 heteroatoms. The predicted molar refractivity (Wildman–Crippen MR) is 144 cm³/mol. The zero-order valence-electron chi connectivity index (χ0n) is 19.8. The first-order valence-corrected chi connectivity index (χ1v) is 11.5. The lowest BCUT2D eigenvalue weighted by Gasteiger charge is -2.13. The molecule has 0 unspecified atom stereocenters. The zero-order valence-corrected chi connectivity index (χ0v) is 19.8. The van der Waals surface area contributed by atoms with Gasteiger partial charge < -0.3 is 9.47 Å². The Morgan fingerprint density at radius 1 is 0.618 bits per heavy atom. The minimum atomic E-state index is 0.454. The van der Waals surface area contributed by atoms with E-state index in [2.05, 4.69) is 37.5 Å². The molecule has 0 saturated heterocycles. The maximum absolute atomic E-state index is 5.98. The second kappa shape index (κ2) is 11.6. The number of benzene rings is 3. The van der Waals surface area contributed by atoms with Crippen molar-refractivity contribution in [2.24, 2.45) is 0 Å². The van der Waals surface area contributed by atoms with Crippen LogP contribution in [0.5, 0.6) is 11.5 Å². The number of hydrogen-bond donors (Lipinski definition) is 0. The maximum atomic E-state index is 5.98. The van der Waals surface area contributed by atoms with Crippen molar-refractivity contribution >= 4 is 32.7 Å². The lowest BCUT2D eigenvalue weighted by atomic mass is 9.93. The fraction of sp³-hybridized carbons (Fsp3) is 0.250. The average Bonchev–Trinajstić information content (AvgIpc) is 2.86. The van der Waals surface area contributed by atoms with Crippen LogP contribution in [0.15, 0.2) is 36.4 Å². The minimum Gasteiger partial charge on any atom is -0.494 e. The van der Waals surface area contributed by atoms with Crippen molar-refractivity contribution in [3.05, 3.63) is 46.8 Å². The summed E-state index contributed by atoms with van der Waals surface area (Å²) in [6, 6.07) is 11.7.